The number of thioether (sulfide) groups is 1. The van der Waals surface area contributed by atoms with E-state index in [2.05, 4.69) is 0 Å². The van der Waals surface area contributed by atoms with E-state index in [0.717, 1.165) is 11.3 Å². The van der Waals surface area contributed by atoms with Crippen LogP contribution in [0.15, 0.2) is 41.4 Å². The van der Waals surface area contributed by atoms with Gasteiger partial charge in [-0.05, 0) is 23.1 Å². The number of para-hydroxylation sites is 1. The molecule has 4 heteroatoms. The summed E-state index contributed by atoms with van der Waals surface area (Å²) in [4.78, 5) is 13.2. The van der Waals surface area contributed by atoms with Crippen LogP contribution >= 0.6 is 11.8 Å². The standard InChI is InChI=1S/C12H9NO2S/c14-12(15)9-7-8-3-1-2-4-10(8)13-5-6-16-11(9)13/h1-7,11H,(H,14,15). The van der Waals surface area contributed by atoms with Crippen molar-refractivity contribution in [3.05, 3.63) is 47.0 Å². The summed E-state index contributed by atoms with van der Waals surface area (Å²) in [5, 5.41) is 11.0. The minimum Gasteiger partial charge on any atom is -0.478 e. The molecule has 2 heterocycles. The highest BCUT2D eigenvalue weighted by atomic mass is 32.2. The number of fused-ring (bicyclic) bond motifs is 3. The van der Waals surface area contributed by atoms with Gasteiger partial charge in [-0.15, -0.1) is 11.8 Å². The zero-order valence-corrected chi connectivity index (χ0v) is 9.15. The summed E-state index contributed by atoms with van der Waals surface area (Å²) in [6.07, 6.45) is 3.70. The van der Waals surface area contributed by atoms with Gasteiger partial charge in [0, 0.05) is 11.9 Å². The highest BCUT2D eigenvalue weighted by molar-refractivity contribution is 8.03. The van der Waals surface area contributed by atoms with Gasteiger partial charge in [-0.1, -0.05) is 18.2 Å². The fourth-order valence-electron chi connectivity index (χ4n) is 2.00. The van der Waals surface area contributed by atoms with Crippen molar-refractivity contribution in [1.82, 2.24) is 0 Å². The molecule has 16 heavy (non-hydrogen) atoms. The number of carbonyl (C=O) groups is 1. The van der Waals surface area contributed by atoms with Gasteiger partial charge in [0.25, 0.3) is 0 Å². The lowest BCUT2D eigenvalue weighted by atomic mass is 10.0. The first-order chi connectivity index (χ1) is 7.77. The summed E-state index contributed by atoms with van der Waals surface area (Å²) < 4.78 is 0. The van der Waals surface area contributed by atoms with Crippen molar-refractivity contribution in [2.24, 2.45) is 0 Å². The Morgan fingerprint density at radius 2 is 2.19 bits per heavy atom. The Bertz CT molecular complexity index is 522. The summed E-state index contributed by atoms with van der Waals surface area (Å²) in [5.74, 6) is -0.847. The second-order valence-electron chi connectivity index (χ2n) is 3.64. The molecule has 0 saturated heterocycles. The van der Waals surface area contributed by atoms with Crippen molar-refractivity contribution in [2.45, 2.75) is 5.37 Å². The molecular formula is C12H9NO2S. The third-order valence-electron chi connectivity index (χ3n) is 2.72. The SMILES string of the molecule is O=C(O)C1=Cc2ccccc2N2C=CSC12. The number of anilines is 1. The lowest BCUT2D eigenvalue weighted by Crippen LogP contribution is -2.32. The maximum absolute atomic E-state index is 11.2. The van der Waals surface area contributed by atoms with E-state index in [0.29, 0.717) is 5.57 Å². The van der Waals surface area contributed by atoms with E-state index in [1.807, 2.05) is 40.8 Å². The number of carboxylic acid groups (broad SMARTS) is 1. The average molecular weight is 231 g/mol. The molecule has 80 valence electrons. The summed E-state index contributed by atoms with van der Waals surface area (Å²) in [7, 11) is 0. The van der Waals surface area contributed by atoms with Gasteiger partial charge >= 0.3 is 5.97 Å². The van der Waals surface area contributed by atoms with Gasteiger partial charge in [0.05, 0.1) is 5.57 Å². The van der Waals surface area contributed by atoms with Crippen molar-refractivity contribution >= 4 is 29.5 Å². The van der Waals surface area contributed by atoms with Gasteiger partial charge in [0.1, 0.15) is 5.37 Å². The Labute approximate surface area is 97.1 Å². The first kappa shape index (κ1) is 9.54. The Morgan fingerprint density at radius 1 is 1.38 bits per heavy atom. The molecule has 3 rings (SSSR count). The predicted molar refractivity (Wildman–Crippen MR) is 65.1 cm³/mol. The van der Waals surface area contributed by atoms with E-state index in [1.165, 1.54) is 11.8 Å². The summed E-state index contributed by atoms with van der Waals surface area (Å²) in [5.41, 5.74) is 2.47. The highest BCUT2D eigenvalue weighted by Gasteiger charge is 2.33. The van der Waals surface area contributed by atoms with Crippen molar-refractivity contribution < 1.29 is 9.90 Å². The quantitative estimate of drug-likeness (QED) is 0.806. The molecule has 3 nitrogen and oxygen atoms in total. The minimum atomic E-state index is -0.847. The number of nitrogens with zero attached hydrogens (tertiary/aromatic N) is 1. The van der Waals surface area contributed by atoms with Crippen LogP contribution < -0.4 is 4.90 Å². The summed E-state index contributed by atoms with van der Waals surface area (Å²) in [6, 6.07) is 7.83. The number of rotatable bonds is 1. The maximum Gasteiger partial charge on any atom is 0.334 e. The third kappa shape index (κ3) is 1.27. The van der Waals surface area contributed by atoms with E-state index in [9.17, 15) is 9.90 Å². The molecular weight excluding hydrogens is 222 g/mol. The zero-order valence-electron chi connectivity index (χ0n) is 8.33. The van der Waals surface area contributed by atoms with Crippen molar-refractivity contribution in [2.75, 3.05) is 4.90 Å². The van der Waals surface area contributed by atoms with Gasteiger partial charge < -0.3 is 10.0 Å². The van der Waals surface area contributed by atoms with Gasteiger partial charge in [-0.3, -0.25) is 0 Å². The second kappa shape index (κ2) is 3.42. The van der Waals surface area contributed by atoms with E-state index >= 15 is 0 Å². The normalized spacial score (nSPS) is 21.4. The number of hydrogen-bond acceptors (Lipinski definition) is 3. The number of benzene rings is 1. The van der Waals surface area contributed by atoms with Crippen LogP contribution in [0.2, 0.25) is 0 Å². The van der Waals surface area contributed by atoms with Crippen LogP contribution in [0.5, 0.6) is 0 Å². The van der Waals surface area contributed by atoms with Crippen molar-refractivity contribution in [3.8, 4) is 0 Å². The van der Waals surface area contributed by atoms with Crippen LogP contribution in [0, 0.1) is 0 Å². The third-order valence-corrected chi connectivity index (χ3v) is 3.74. The molecule has 0 saturated carbocycles. The largest absolute Gasteiger partial charge is 0.478 e. The van der Waals surface area contributed by atoms with E-state index in [4.69, 9.17) is 0 Å². The maximum atomic E-state index is 11.2. The lowest BCUT2D eigenvalue weighted by Gasteiger charge is -2.30. The zero-order chi connectivity index (χ0) is 11.1. The first-order valence-corrected chi connectivity index (χ1v) is 5.86. The highest BCUT2D eigenvalue weighted by Crippen LogP contribution is 2.41. The van der Waals surface area contributed by atoms with Crippen molar-refractivity contribution in [1.29, 1.82) is 0 Å². The summed E-state index contributed by atoms with van der Waals surface area (Å²) >= 11 is 1.52. The minimum absolute atomic E-state index is 0.118. The summed E-state index contributed by atoms with van der Waals surface area (Å²) in [6.45, 7) is 0. The molecule has 0 fully saturated rings. The molecule has 0 radical (unpaired) electrons. The van der Waals surface area contributed by atoms with Crippen LogP contribution in [0.3, 0.4) is 0 Å². The van der Waals surface area contributed by atoms with Crippen LogP contribution in [-0.2, 0) is 4.79 Å². The molecule has 1 unspecified atom stereocenters. The predicted octanol–water partition coefficient (Wildman–Crippen LogP) is 2.52. The van der Waals surface area contributed by atoms with Crippen molar-refractivity contribution in [3.63, 3.8) is 0 Å². The second-order valence-corrected chi connectivity index (χ2v) is 4.64. The molecule has 1 aromatic rings. The monoisotopic (exact) mass is 231 g/mol. The smallest absolute Gasteiger partial charge is 0.334 e. The molecule has 2 aliphatic heterocycles. The van der Waals surface area contributed by atoms with E-state index in [-0.39, 0.29) is 5.37 Å². The van der Waals surface area contributed by atoms with Crippen LogP contribution in [0.1, 0.15) is 5.56 Å². The van der Waals surface area contributed by atoms with Gasteiger partial charge in [-0.2, -0.15) is 0 Å². The number of carboxylic acids is 1. The van der Waals surface area contributed by atoms with Crippen LogP contribution in [0.4, 0.5) is 5.69 Å². The van der Waals surface area contributed by atoms with E-state index < -0.39 is 5.97 Å². The Hall–Kier alpha value is -1.68. The van der Waals surface area contributed by atoms with Crippen LogP contribution in [0.25, 0.3) is 6.08 Å². The van der Waals surface area contributed by atoms with Gasteiger partial charge in [0.2, 0.25) is 0 Å². The Balaban J connectivity index is 2.19. The fourth-order valence-corrected chi connectivity index (χ4v) is 2.98. The first-order valence-electron chi connectivity index (χ1n) is 4.92. The molecule has 1 aromatic carbocycles. The molecule has 0 amide bonds. The molecule has 0 bridgehead atoms. The lowest BCUT2D eigenvalue weighted by molar-refractivity contribution is -0.132. The topological polar surface area (TPSA) is 40.5 Å². The Morgan fingerprint density at radius 3 is 3.00 bits per heavy atom. The number of aliphatic carboxylic acids is 1. The molecule has 2 aliphatic rings. The molecule has 0 aromatic heterocycles. The number of hydrogen-bond donors (Lipinski definition) is 1. The van der Waals surface area contributed by atoms with Gasteiger partial charge in [0.15, 0.2) is 0 Å². The molecule has 1 N–H and O–H groups in total. The van der Waals surface area contributed by atoms with E-state index in [1.54, 1.807) is 6.08 Å². The molecule has 0 spiro atoms. The fraction of sp³-hybridized carbons (Fsp3) is 0.0833. The average Bonchev–Trinajstić information content (AvgIpc) is 2.76. The Kier molecular flexibility index (Phi) is 2.04. The molecule has 1 atom stereocenters. The molecule has 0 aliphatic carbocycles. The van der Waals surface area contributed by atoms with Gasteiger partial charge in [-0.25, -0.2) is 4.79 Å². The van der Waals surface area contributed by atoms with Crippen LogP contribution in [-0.4, -0.2) is 16.4 Å².